The smallest absolute Gasteiger partial charge is 0.243 e. The minimum absolute atomic E-state index is 0.229. The molecule has 2 amide bonds. The van der Waals surface area contributed by atoms with Crippen LogP contribution in [0.15, 0.2) is 47.4 Å². The van der Waals surface area contributed by atoms with E-state index in [0.29, 0.717) is 30.9 Å². The van der Waals surface area contributed by atoms with Crippen molar-refractivity contribution in [2.45, 2.75) is 63.4 Å². The van der Waals surface area contributed by atoms with E-state index in [9.17, 15) is 18.0 Å². The highest BCUT2D eigenvalue weighted by atomic mass is 32.2. The van der Waals surface area contributed by atoms with Crippen molar-refractivity contribution in [2.24, 2.45) is 0 Å². The molecule has 1 atom stereocenters. The lowest BCUT2D eigenvalue weighted by Crippen LogP contribution is -2.47. The standard InChI is InChI=1S/C25H31N3O4S/c1-18-9-5-6-10-20(18)17-26-25(30)24-16-21-15-22(11-12-23(21)28(24)19(2)29)33(31,32)27-13-7-3-4-8-14-27/h5-6,9-12,15,24H,3-4,7-8,13-14,16-17H2,1-2H3,(H,26,30)/t24-/m1/s1. The van der Waals surface area contributed by atoms with Crippen molar-refractivity contribution in [3.8, 4) is 0 Å². The maximum Gasteiger partial charge on any atom is 0.243 e. The largest absolute Gasteiger partial charge is 0.350 e. The fraction of sp³-hybridized carbons (Fsp3) is 0.440. The molecule has 1 N–H and O–H groups in total. The van der Waals surface area contributed by atoms with Crippen molar-refractivity contribution < 1.29 is 18.0 Å². The van der Waals surface area contributed by atoms with E-state index in [0.717, 1.165) is 36.8 Å². The first-order valence-electron chi connectivity index (χ1n) is 11.5. The second-order valence-corrected chi connectivity index (χ2v) is 10.8. The summed E-state index contributed by atoms with van der Waals surface area (Å²) in [5.74, 6) is -0.491. The first kappa shape index (κ1) is 23.4. The van der Waals surface area contributed by atoms with Crippen molar-refractivity contribution in [1.29, 1.82) is 0 Å². The van der Waals surface area contributed by atoms with Crippen LogP contribution < -0.4 is 10.2 Å². The maximum absolute atomic E-state index is 13.2. The van der Waals surface area contributed by atoms with Crippen LogP contribution in [-0.2, 0) is 32.6 Å². The SMILES string of the molecule is CC(=O)N1c2ccc(S(=O)(=O)N3CCCCCC3)cc2C[C@@H]1C(=O)NCc1ccccc1C. The molecule has 0 aliphatic carbocycles. The molecule has 2 heterocycles. The predicted molar refractivity (Wildman–Crippen MR) is 127 cm³/mol. The molecule has 0 bridgehead atoms. The van der Waals surface area contributed by atoms with Gasteiger partial charge in [0.15, 0.2) is 0 Å². The van der Waals surface area contributed by atoms with E-state index in [1.165, 1.54) is 11.8 Å². The van der Waals surface area contributed by atoms with Gasteiger partial charge in [0.25, 0.3) is 0 Å². The molecular weight excluding hydrogens is 438 g/mol. The summed E-state index contributed by atoms with van der Waals surface area (Å²) in [5.41, 5.74) is 3.41. The second-order valence-electron chi connectivity index (χ2n) is 8.86. The Kier molecular flexibility index (Phi) is 6.86. The van der Waals surface area contributed by atoms with Gasteiger partial charge in [-0.15, -0.1) is 0 Å². The molecule has 8 heteroatoms. The highest BCUT2D eigenvalue weighted by Crippen LogP contribution is 2.35. The number of hydrogen-bond donors (Lipinski definition) is 1. The molecule has 33 heavy (non-hydrogen) atoms. The number of nitrogens with one attached hydrogen (secondary N) is 1. The van der Waals surface area contributed by atoms with Crippen LogP contribution >= 0.6 is 0 Å². The fourth-order valence-electron chi connectivity index (χ4n) is 4.73. The number of hydrogen-bond acceptors (Lipinski definition) is 4. The maximum atomic E-state index is 13.2. The number of anilines is 1. The molecule has 0 radical (unpaired) electrons. The van der Waals surface area contributed by atoms with Crippen molar-refractivity contribution in [2.75, 3.05) is 18.0 Å². The number of amides is 2. The normalized spacial score (nSPS) is 19.1. The molecule has 0 saturated carbocycles. The molecule has 7 nitrogen and oxygen atoms in total. The zero-order valence-electron chi connectivity index (χ0n) is 19.2. The quantitative estimate of drug-likeness (QED) is 0.729. The van der Waals surface area contributed by atoms with Crippen LogP contribution in [0.5, 0.6) is 0 Å². The van der Waals surface area contributed by atoms with Crippen molar-refractivity contribution in [3.05, 3.63) is 59.2 Å². The van der Waals surface area contributed by atoms with Gasteiger partial charge in [-0.25, -0.2) is 8.42 Å². The second kappa shape index (κ2) is 9.65. The van der Waals surface area contributed by atoms with Gasteiger partial charge < -0.3 is 5.32 Å². The van der Waals surface area contributed by atoms with Gasteiger partial charge in [0.2, 0.25) is 21.8 Å². The number of sulfonamides is 1. The van der Waals surface area contributed by atoms with Gasteiger partial charge in [0, 0.05) is 38.7 Å². The van der Waals surface area contributed by atoms with Gasteiger partial charge in [-0.05, 0) is 54.7 Å². The van der Waals surface area contributed by atoms with E-state index in [2.05, 4.69) is 5.32 Å². The molecule has 2 aromatic rings. The Morgan fingerprint density at radius 1 is 1.03 bits per heavy atom. The van der Waals surface area contributed by atoms with Crippen LogP contribution in [0.25, 0.3) is 0 Å². The molecular formula is C25H31N3O4S. The van der Waals surface area contributed by atoms with Gasteiger partial charge in [-0.2, -0.15) is 4.31 Å². The molecule has 2 aromatic carbocycles. The number of rotatable bonds is 5. The Labute approximate surface area is 195 Å². The average Bonchev–Trinajstić information content (AvgIpc) is 2.96. The lowest BCUT2D eigenvalue weighted by molar-refractivity contribution is -0.125. The Morgan fingerprint density at radius 3 is 2.39 bits per heavy atom. The van der Waals surface area contributed by atoms with Gasteiger partial charge in [-0.3, -0.25) is 14.5 Å². The highest BCUT2D eigenvalue weighted by Gasteiger charge is 2.38. The van der Waals surface area contributed by atoms with E-state index in [4.69, 9.17) is 0 Å². The Balaban J connectivity index is 1.55. The summed E-state index contributed by atoms with van der Waals surface area (Å²) in [4.78, 5) is 27.2. The summed E-state index contributed by atoms with van der Waals surface area (Å²) in [6.45, 7) is 4.85. The van der Waals surface area contributed by atoms with Crippen molar-refractivity contribution in [1.82, 2.24) is 9.62 Å². The fourth-order valence-corrected chi connectivity index (χ4v) is 6.30. The molecule has 1 fully saturated rings. The topological polar surface area (TPSA) is 86.8 Å². The third-order valence-electron chi connectivity index (χ3n) is 6.59. The third-order valence-corrected chi connectivity index (χ3v) is 8.49. The number of nitrogens with zero attached hydrogens (tertiary/aromatic N) is 2. The summed E-state index contributed by atoms with van der Waals surface area (Å²) in [7, 11) is -3.60. The molecule has 2 aliphatic rings. The van der Waals surface area contributed by atoms with Crippen LogP contribution in [0.2, 0.25) is 0 Å². The first-order chi connectivity index (χ1) is 15.8. The summed E-state index contributed by atoms with van der Waals surface area (Å²) < 4.78 is 28.0. The summed E-state index contributed by atoms with van der Waals surface area (Å²) in [6, 6.07) is 12.0. The van der Waals surface area contributed by atoms with Crippen molar-refractivity contribution in [3.63, 3.8) is 0 Å². The summed E-state index contributed by atoms with van der Waals surface area (Å²) in [5, 5.41) is 2.95. The minimum Gasteiger partial charge on any atom is -0.350 e. The molecule has 4 rings (SSSR count). The molecule has 0 aromatic heterocycles. The molecule has 0 unspecified atom stereocenters. The summed E-state index contributed by atoms with van der Waals surface area (Å²) >= 11 is 0. The number of carbonyl (C=O) groups is 2. The highest BCUT2D eigenvalue weighted by molar-refractivity contribution is 7.89. The summed E-state index contributed by atoms with van der Waals surface area (Å²) in [6.07, 6.45) is 4.11. The van der Waals surface area contributed by atoms with Gasteiger partial charge >= 0.3 is 0 Å². The van der Waals surface area contributed by atoms with Crippen LogP contribution in [0.1, 0.15) is 49.3 Å². The van der Waals surface area contributed by atoms with Gasteiger partial charge in [0.1, 0.15) is 6.04 Å². The molecule has 176 valence electrons. The number of fused-ring (bicyclic) bond motifs is 1. The third kappa shape index (κ3) is 4.82. The van der Waals surface area contributed by atoms with E-state index < -0.39 is 16.1 Å². The Bertz CT molecular complexity index is 1150. The van der Waals surface area contributed by atoms with Crippen LogP contribution in [0.4, 0.5) is 5.69 Å². The lowest BCUT2D eigenvalue weighted by Gasteiger charge is -2.24. The van der Waals surface area contributed by atoms with E-state index >= 15 is 0 Å². The van der Waals surface area contributed by atoms with Gasteiger partial charge in [0.05, 0.1) is 4.90 Å². The molecule has 1 saturated heterocycles. The molecule has 2 aliphatic heterocycles. The van der Waals surface area contributed by atoms with E-state index in [1.54, 1.807) is 22.5 Å². The zero-order valence-corrected chi connectivity index (χ0v) is 20.0. The van der Waals surface area contributed by atoms with Crippen LogP contribution in [0, 0.1) is 6.92 Å². The predicted octanol–water partition coefficient (Wildman–Crippen LogP) is 3.15. The Hall–Kier alpha value is -2.71. The van der Waals surface area contributed by atoms with Crippen LogP contribution in [-0.4, -0.2) is 43.7 Å². The monoisotopic (exact) mass is 469 g/mol. The van der Waals surface area contributed by atoms with E-state index in [1.807, 2.05) is 31.2 Å². The first-order valence-corrected chi connectivity index (χ1v) is 13.0. The number of benzene rings is 2. The minimum atomic E-state index is -3.60. The number of aryl methyl sites for hydroxylation is 1. The molecule has 0 spiro atoms. The average molecular weight is 470 g/mol. The van der Waals surface area contributed by atoms with Crippen LogP contribution in [0.3, 0.4) is 0 Å². The lowest BCUT2D eigenvalue weighted by atomic mass is 10.1. The van der Waals surface area contributed by atoms with Gasteiger partial charge in [-0.1, -0.05) is 37.1 Å². The number of carbonyl (C=O) groups excluding carboxylic acids is 2. The van der Waals surface area contributed by atoms with Crippen molar-refractivity contribution >= 4 is 27.5 Å². The van der Waals surface area contributed by atoms with E-state index in [-0.39, 0.29) is 23.1 Å². The zero-order chi connectivity index (χ0) is 23.6. The Morgan fingerprint density at radius 2 is 1.73 bits per heavy atom.